The lowest BCUT2D eigenvalue weighted by atomic mass is 10.4. The predicted octanol–water partition coefficient (Wildman–Crippen LogP) is 1.24. The van der Waals surface area contributed by atoms with Gasteiger partial charge in [0.15, 0.2) is 0 Å². The molecule has 1 fully saturated rings. The standard InChI is InChI=1S/C10H17N3O3S.HI/c1-9(2)7-16-10(15)12-3-5-13(6-4-12)17-11-8-14;/h8H,1,3-7H2,2H3,(H,11,14);1H. The van der Waals surface area contributed by atoms with E-state index in [1.54, 1.807) is 4.90 Å². The summed E-state index contributed by atoms with van der Waals surface area (Å²) < 4.78 is 9.55. The average Bonchev–Trinajstić information content (AvgIpc) is 2.34. The van der Waals surface area contributed by atoms with Crippen molar-refractivity contribution >= 4 is 48.6 Å². The number of ether oxygens (including phenoxy) is 1. The molecule has 2 amide bonds. The van der Waals surface area contributed by atoms with Crippen LogP contribution in [0.2, 0.25) is 0 Å². The molecule has 0 saturated carbocycles. The summed E-state index contributed by atoms with van der Waals surface area (Å²) in [6.45, 7) is 8.35. The smallest absolute Gasteiger partial charge is 0.410 e. The Balaban J connectivity index is 0.00000289. The quantitative estimate of drug-likeness (QED) is 0.333. The molecule has 1 saturated heterocycles. The van der Waals surface area contributed by atoms with Gasteiger partial charge >= 0.3 is 6.09 Å². The Morgan fingerprint density at radius 3 is 2.56 bits per heavy atom. The van der Waals surface area contributed by atoms with Crippen molar-refractivity contribution in [2.45, 2.75) is 6.92 Å². The Labute approximate surface area is 128 Å². The second-order valence-electron chi connectivity index (χ2n) is 3.75. The molecule has 1 aliphatic heterocycles. The third-order valence-corrected chi connectivity index (χ3v) is 2.99. The van der Waals surface area contributed by atoms with E-state index in [2.05, 4.69) is 11.3 Å². The highest BCUT2D eigenvalue weighted by atomic mass is 127. The number of nitrogens with one attached hydrogen (secondary N) is 1. The number of hydrogen-bond acceptors (Lipinski definition) is 5. The van der Waals surface area contributed by atoms with Gasteiger partial charge in [0.2, 0.25) is 6.41 Å². The molecule has 18 heavy (non-hydrogen) atoms. The number of piperazine rings is 1. The van der Waals surface area contributed by atoms with E-state index in [-0.39, 0.29) is 36.7 Å². The molecule has 0 aliphatic carbocycles. The van der Waals surface area contributed by atoms with E-state index in [0.717, 1.165) is 5.57 Å². The molecule has 6 nitrogen and oxygen atoms in total. The number of carbonyl (C=O) groups is 2. The van der Waals surface area contributed by atoms with Gasteiger partial charge in [-0.1, -0.05) is 6.58 Å². The third-order valence-electron chi connectivity index (χ3n) is 2.17. The molecule has 104 valence electrons. The Kier molecular flexibility index (Phi) is 9.20. The van der Waals surface area contributed by atoms with Crippen LogP contribution in [0.1, 0.15) is 6.92 Å². The van der Waals surface area contributed by atoms with Crippen molar-refractivity contribution in [3.63, 3.8) is 0 Å². The summed E-state index contributed by atoms with van der Waals surface area (Å²) in [6.07, 6.45) is 0.332. The first-order valence-electron chi connectivity index (χ1n) is 5.30. The Morgan fingerprint density at radius 2 is 2.06 bits per heavy atom. The number of nitrogens with zero attached hydrogens (tertiary/aromatic N) is 2. The van der Waals surface area contributed by atoms with Crippen LogP contribution in [0.25, 0.3) is 0 Å². The second-order valence-corrected chi connectivity index (χ2v) is 4.69. The van der Waals surface area contributed by atoms with Crippen LogP contribution in [0.4, 0.5) is 4.79 Å². The minimum absolute atomic E-state index is 0. The van der Waals surface area contributed by atoms with E-state index in [0.29, 0.717) is 32.6 Å². The fraction of sp³-hybridized carbons (Fsp3) is 0.600. The highest BCUT2D eigenvalue weighted by Gasteiger charge is 2.22. The zero-order valence-electron chi connectivity index (χ0n) is 10.3. The monoisotopic (exact) mass is 387 g/mol. The van der Waals surface area contributed by atoms with Gasteiger partial charge in [0, 0.05) is 38.3 Å². The first kappa shape index (κ1) is 17.5. The maximum absolute atomic E-state index is 11.6. The van der Waals surface area contributed by atoms with Gasteiger partial charge in [-0.3, -0.25) is 9.52 Å². The summed E-state index contributed by atoms with van der Waals surface area (Å²) in [5.74, 6) is 0. The number of rotatable bonds is 5. The molecule has 1 heterocycles. The van der Waals surface area contributed by atoms with Crippen molar-refractivity contribution in [3.8, 4) is 0 Å². The fourth-order valence-corrected chi connectivity index (χ4v) is 1.87. The van der Waals surface area contributed by atoms with Crippen molar-refractivity contribution in [1.29, 1.82) is 0 Å². The topological polar surface area (TPSA) is 61.9 Å². The summed E-state index contributed by atoms with van der Waals surface area (Å²) in [5, 5.41) is 0. The summed E-state index contributed by atoms with van der Waals surface area (Å²) >= 11 is 1.25. The molecule has 1 rings (SSSR count). The normalized spacial score (nSPS) is 15.5. The molecule has 0 aromatic carbocycles. The van der Waals surface area contributed by atoms with Crippen LogP contribution in [0.5, 0.6) is 0 Å². The molecular formula is C10H18IN3O3S. The lowest BCUT2D eigenvalue weighted by molar-refractivity contribution is -0.108. The first-order chi connectivity index (χ1) is 8.13. The number of hydrogen-bond donors (Lipinski definition) is 1. The van der Waals surface area contributed by atoms with Gasteiger partial charge < -0.3 is 9.64 Å². The van der Waals surface area contributed by atoms with E-state index >= 15 is 0 Å². The zero-order chi connectivity index (χ0) is 12.7. The van der Waals surface area contributed by atoms with Gasteiger partial charge in [0.25, 0.3) is 0 Å². The number of amides is 2. The molecule has 0 atom stereocenters. The Bertz CT molecular complexity index is 296. The maximum Gasteiger partial charge on any atom is 0.410 e. The largest absolute Gasteiger partial charge is 0.445 e. The SMILES string of the molecule is C=C(C)COC(=O)N1CCN(SNC=O)CC1.I. The average molecular weight is 387 g/mol. The fourth-order valence-electron chi connectivity index (χ4n) is 1.33. The molecule has 0 aromatic heterocycles. The van der Waals surface area contributed by atoms with Crippen molar-refractivity contribution in [3.05, 3.63) is 12.2 Å². The molecule has 1 aliphatic rings. The van der Waals surface area contributed by atoms with Crippen LogP contribution < -0.4 is 4.72 Å². The Hall–Kier alpha value is -0.480. The van der Waals surface area contributed by atoms with E-state index in [9.17, 15) is 9.59 Å². The summed E-state index contributed by atoms with van der Waals surface area (Å²) in [4.78, 5) is 23.4. The van der Waals surface area contributed by atoms with Gasteiger partial charge in [0.1, 0.15) is 6.61 Å². The third kappa shape index (κ3) is 6.45. The van der Waals surface area contributed by atoms with E-state index in [1.807, 2.05) is 11.2 Å². The van der Waals surface area contributed by atoms with Gasteiger partial charge in [-0.15, -0.1) is 24.0 Å². The van der Waals surface area contributed by atoms with Gasteiger partial charge in [-0.05, 0) is 12.5 Å². The predicted molar refractivity (Wildman–Crippen MR) is 81.5 cm³/mol. The van der Waals surface area contributed by atoms with Crippen LogP contribution in [-0.4, -0.2) is 54.5 Å². The summed E-state index contributed by atoms with van der Waals surface area (Å²) in [5.41, 5.74) is 0.822. The molecule has 0 radical (unpaired) electrons. The van der Waals surface area contributed by atoms with Crippen LogP contribution in [0, 0.1) is 0 Å². The molecule has 0 aromatic rings. The van der Waals surface area contributed by atoms with E-state index < -0.39 is 0 Å². The van der Waals surface area contributed by atoms with Gasteiger partial charge in [-0.25, -0.2) is 9.10 Å². The minimum Gasteiger partial charge on any atom is -0.445 e. The molecule has 0 spiro atoms. The van der Waals surface area contributed by atoms with Crippen molar-refractivity contribution in [1.82, 2.24) is 13.9 Å². The van der Waals surface area contributed by atoms with Crippen LogP contribution in [0.3, 0.4) is 0 Å². The van der Waals surface area contributed by atoms with Crippen LogP contribution in [0.15, 0.2) is 12.2 Å². The highest BCUT2D eigenvalue weighted by Crippen LogP contribution is 2.10. The van der Waals surface area contributed by atoms with E-state index in [4.69, 9.17) is 4.74 Å². The van der Waals surface area contributed by atoms with E-state index in [1.165, 1.54) is 12.1 Å². The molecule has 1 N–H and O–H groups in total. The Morgan fingerprint density at radius 1 is 1.44 bits per heavy atom. The summed E-state index contributed by atoms with van der Waals surface area (Å²) in [7, 11) is 0. The molecule has 0 bridgehead atoms. The van der Waals surface area contributed by atoms with Crippen molar-refractivity contribution in [2.24, 2.45) is 0 Å². The molecular weight excluding hydrogens is 369 g/mol. The maximum atomic E-state index is 11.6. The number of carbonyl (C=O) groups excluding carboxylic acids is 2. The minimum atomic E-state index is -0.305. The zero-order valence-corrected chi connectivity index (χ0v) is 13.4. The van der Waals surface area contributed by atoms with Gasteiger partial charge in [-0.2, -0.15) is 0 Å². The lowest BCUT2D eigenvalue weighted by Gasteiger charge is -2.32. The second kappa shape index (κ2) is 9.45. The first-order valence-corrected chi connectivity index (χ1v) is 6.08. The van der Waals surface area contributed by atoms with Crippen molar-refractivity contribution in [2.75, 3.05) is 32.8 Å². The summed E-state index contributed by atoms with van der Waals surface area (Å²) in [6, 6.07) is 0. The molecule has 0 unspecified atom stereocenters. The molecule has 8 heteroatoms. The highest BCUT2D eigenvalue weighted by molar-refractivity contribution is 14.0. The lowest BCUT2D eigenvalue weighted by Crippen LogP contribution is -2.47. The van der Waals surface area contributed by atoms with Gasteiger partial charge in [0.05, 0.1) is 0 Å². The number of halogens is 1. The van der Waals surface area contributed by atoms with Crippen molar-refractivity contribution < 1.29 is 14.3 Å². The van der Waals surface area contributed by atoms with Crippen LogP contribution in [-0.2, 0) is 9.53 Å². The van der Waals surface area contributed by atoms with Crippen LogP contribution >= 0.6 is 36.1 Å².